The number of nitrogens with two attached hydrogens (primary N) is 2. The Labute approximate surface area is 243 Å². The van der Waals surface area contributed by atoms with Crippen molar-refractivity contribution in [2.45, 2.75) is 6.54 Å². The number of thiazole rings is 1. The van der Waals surface area contributed by atoms with E-state index in [2.05, 4.69) is 25.3 Å². The van der Waals surface area contributed by atoms with Crippen LogP contribution < -0.4 is 26.6 Å². The molecule has 0 saturated carbocycles. The lowest BCUT2D eigenvalue weighted by Crippen LogP contribution is -2.47. The van der Waals surface area contributed by atoms with Gasteiger partial charge in [0, 0.05) is 57.9 Å². The summed E-state index contributed by atoms with van der Waals surface area (Å²) in [7, 11) is 0. The molecule has 0 spiro atoms. The van der Waals surface area contributed by atoms with E-state index in [4.69, 9.17) is 15.9 Å². The van der Waals surface area contributed by atoms with Gasteiger partial charge in [-0.3, -0.25) is 19.1 Å². The SMILES string of the molecule is Cl.NCCNC(=O)c1ccc(N2CCN(CCn3c(=O)sc4c3nc(N)n3nc(-c5ccco5)nc43)CC2)c(F)c1. The number of rotatable bonds is 8. The van der Waals surface area contributed by atoms with Crippen molar-refractivity contribution >= 4 is 57.3 Å². The van der Waals surface area contributed by atoms with Gasteiger partial charge in [-0.15, -0.1) is 17.5 Å². The molecule has 0 bridgehead atoms. The molecule has 5 heterocycles. The highest BCUT2D eigenvalue weighted by Crippen LogP contribution is 2.26. The van der Waals surface area contributed by atoms with Crippen LogP contribution in [-0.2, 0) is 6.54 Å². The van der Waals surface area contributed by atoms with Gasteiger partial charge < -0.3 is 26.1 Å². The number of aromatic nitrogens is 5. The van der Waals surface area contributed by atoms with Crippen molar-refractivity contribution < 1.29 is 13.6 Å². The van der Waals surface area contributed by atoms with Crippen LogP contribution in [-0.4, -0.2) is 80.8 Å². The molecule has 1 aromatic carbocycles. The van der Waals surface area contributed by atoms with E-state index < -0.39 is 5.82 Å². The van der Waals surface area contributed by atoms with Gasteiger partial charge in [-0.25, -0.2) is 9.37 Å². The third-order valence-corrected chi connectivity index (χ3v) is 7.81. The molecular formula is C25H28ClFN10O3S. The fourth-order valence-corrected chi connectivity index (χ4v) is 5.72. The molecule has 4 aromatic heterocycles. The van der Waals surface area contributed by atoms with Gasteiger partial charge in [-0.2, -0.15) is 9.50 Å². The van der Waals surface area contributed by atoms with E-state index in [0.717, 1.165) is 11.3 Å². The summed E-state index contributed by atoms with van der Waals surface area (Å²) in [4.78, 5) is 38.0. The van der Waals surface area contributed by atoms with Gasteiger partial charge in [-0.05, 0) is 30.3 Å². The van der Waals surface area contributed by atoms with Crippen LogP contribution in [0.1, 0.15) is 10.4 Å². The molecule has 0 aliphatic carbocycles. The van der Waals surface area contributed by atoms with Gasteiger partial charge in [0.05, 0.1) is 12.0 Å². The molecule has 0 radical (unpaired) electrons. The highest BCUT2D eigenvalue weighted by molar-refractivity contribution is 7.17. The molecule has 5 aromatic rings. The first kappa shape index (κ1) is 28.5. The summed E-state index contributed by atoms with van der Waals surface area (Å²) < 4.78 is 23.9. The van der Waals surface area contributed by atoms with E-state index >= 15 is 0 Å². The lowest BCUT2D eigenvalue weighted by Gasteiger charge is -2.36. The van der Waals surface area contributed by atoms with E-state index in [-0.39, 0.29) is 34.7 Å². The molecule has 1 amide bonds. The van der Waals surface area contributed by atoms with E-state index in [0.29, 0.717) is 85.6 Å². The first-order chi connectivity index (χ1) is 19.4. The number of amides is 1. The maximum Gasteiger partial charge on any atom is 0.309 e. The number of furan rings is 1. The maximum atomic E-state index is 14.8. The van der Waals surface area contributed by atoms with Crippen LogP contribution in [0.3, 0.4) is 0 Å². The molecule has 1 aliphatic heterocycles. The fraction of sp³-hybridized carbons (Fsp3) is 0.320. The Morgan fingerprint density at radius 2 is 1.93 bits per heavy atom. The Kier molecular flexibility index (Phi) is 8.21. The molecule has 1 fully saturated rings. The van der Waals surface area contributed by atoms with Crippen molar-refractivity contribution in [2.24, 2.45) is 5.73 Å². The summed E-state index contributed by atoms with van der Waals surface area (Å²) in [6, 6.07) is 8.00. The minimum absolute atomic E-state index is 0. The van der Waals surface area contributed by atoms with Crippen LogP contribution in [0, 0.1) is 5.82 Å². The molecule has 6 rings (SSSR count). The third kappa shape index (κ3) is 5.48. The second kappa shape index (κ2) is 11.8. The zero-order valence-corrected chi connectivity index (χ0v) is 23.5. The molecule has 41 heavy (non-hydrogen) atoms. The number of halogens is 2. The molecule has 0 unspecified atom stereocenters. The second-order valence-electron chi connectivity index (χ2n) is 9.33. The topological polar surface area (TPSA) is 166 Å². The van der Waals surface area contributed by atoms with Crippen LogP contribution in [0.4, 0.5) is 16.0 Å². The largest absolute Gasteiger partial charge is 0.461 e. The Balaban J connectivity index is 0.00000337. The summed E-state index contributed by atoms with van der Waals surface area (Å²) in [6.07, 6.45) is 1.53. The zero-order chi connectivity index (χ0) is 27.8. The average molecular weight is 603 g/mol. The predicted octanol–water partition coefficient (Wildman–Crippen LogP) is 1.41. The second-order valence-corrected chi connectivity index (χ2v) is 10.3. The summed E-state index contributed by atoms with van der Waals surface area (Å²) >= 11 is 1.05. The van der Waals surface area contributed by atoms with Crippen molar-refractivity contribution in [1.29, 1.82) is 0 Å². The van der Waals surface area contributed by atoms with Crippen LogP contribution in [0.2, 0.25) is 0 Å². The standard InChI is InChI=1S/C25H27FN10O3S.ClH/c26-16-14-15(23(37)29-6-5-27)3-4-17(16)34-10-7-33(8-11-34)9-12-35-21-19(40-25(35)38)22-30-20(18-2-1-13-39-18)32-36(22)24(28)31-21;/h1-4,13-14H,5-12,27H2,(H2,28,31)(H,29,37);1H. The summed E-state index contributed by atoms with van der Waals surface area (Å²) in [6.45, 7) is 4.26. The highest BCUT2D eigenvalue weighted by Gasteiger charge is 2.23. The molecular weight excluding hydrogens is 575 g/mol. The zero-order valence-electron chi connectivity index (χ0n) is 21.8. The van der Waals surface area contributed by atoms with Crippen molar-refractivity contribution in [3.63, 3.8) is 0 Å². The van der Waals surface area contributed by atoms with Gasteiger partial charge in [0.25, 0.3) is 5.91 Å². The minimum Gasteiger partial charge on any atom is -0.461 e. The number of anilines is 2. The summed E-state index contributed by atoms with van der Waals surface area (Å²) in [5.41, 5.74) is 13.2. The van der Waals surface area contributed by atoms with Crippen molar-refractivity contribution in [1.82, 2.24) is 34.4 Å². The molecule has 1 aliphatic rings. The number of piperazine rings is 1. The Morgan fingerprint density at radius 1 is 1.12 bits per heavy atom. The lowest BCUT2D eigenvalue weighted by atomic mass is 10.1. The van der Waals surface area contributed by atoms with Gasteiger partial charge >= 0.3 is 4.87 Å². The number of benzene rings is 1. The molecule has 16 heteroatoms. The smallest absolute Gasteiger partial charge is 0.309 e. The lowest BCUT2D eigenvalue weighted by molar-refractivity contribution is 0.0954. The molecule has 5 N–H and O–H groups in total. The van der Waals surface area contributed by atoms with E-state index in [1.165, 1.54) is 16.8 Å². The fourth-order valence-electron chi connectivity index (χ4n) is 4.78. The van der Waals surface area contributed by atoms with E-state index in [1.807, 2.05) is 4.90 Å². The van der Waals surface area contributed by atoms with Gasteiger partial charge in [-0.1, -0.05) is 11.3 Å². The number of nitrogens with one attached hydrogen (secondary N) is 1. The maximum absolute atomic E-state index is 14.8. The van der Waals surface area contributed by atoms with Crippen LogP contribution in [0.5, 0.6) is 0 Å². The summed E-state index contributed by atoms with van der Waals surface area (Å²) in [5.74, 6) is 0.181. The van der Waals surface area contributed by atoms with Crippen molar-refractivity contribution in [3.05, 3.63) is 57.6 Å². The average Bonchev–Trinajstić information content (AvgIpc) is 3.70. The number of carbonyl (C=O) groups is 1. The van der Waals surface area contributed by atoms with Gasteiger partial charge in [0.2, 0.25) is 11.8 Å². The Bertz CT molecular complexity index is 1740. The van der Waals surface area contributed by atoms with E-state index in [1.54, 1.807) is 28.8 Å². The normalized spacial score (nSPS) is 14.0. The minimum atomic E-state index is -0.441. The van der Waals surface area contributed by atoms with Crippen LogP contribution in [0.15, 0.2) is 45.8 Å². The van der Waals surface area contributed by atoms with Gasteiger partial charge in [0.1, 0.15) is 10.5 Å². The van der Waals surface area contributed by atoms with Crippen LogP contribution in [0.25, 0.3) is 27.6 Å². The number of hydrogen-bond acceptors (Lipinski definition) is 11. The van der Waals surface area contributed by atoms with Gasteiger partial charge in [0.15, 0.2) is 17.1 Å². The Hall–Kier alpha value is -4.05. The highest BCUT2D eigenvalue weighted by atomic mass is 35.5. The first-order valence-electron chi connectivity index (χ1n) is 12.8. The number of hydrogen-bond donors (Lipinski definition) is 3. The third-order valence-electron chi connectivity index (χ3n) is 6.85. The number of nitrogen functional groups attached to an aromatic ring is 1. The van der Waals surface area contributed by atoms with Crippen LogP contribution >= 0.6 is 23.7 Å². The molecule has 1 saturated heterocycles. The predicted molar refractivity (Wildman–Crippen MR) is 156 cm³/mol. The van der Waals surface area contributed by atoms with Crippen molar-refractivity contribution in [2.75, 3.05) is 56.4 Å². The molecule has 216 valence electrons. The molecule has 0 atom stereocenters. The molecule has 13 nitrogen and oxygen atoms in total. The quantitative estimate of drug-likeness (QED) is 0.236. The number of fused-ring (bicyclic) bond motifs is 3. The number of nitrogens with zero attached hydrogens (tertiary/aromatic N) is 7. The number of carbonyl (C=O) groups excluding carboxylic acids is 1. The van der Waals surface area contributed by atoms with E-state index in [9.17, 15) is 14.0 Å². The summed E-state index contributed by atoms with van der Waals surface area (Å²) in [5, 5.41) is 7.02. The monoisotopic (exact) mass is 602 g/mol. The Morgan fingerprint density at radius 3 is 2.63 bits per heavy atom. The van der Waals surface area contributed by atoms with Crippen molar-refractivity contribution in [3.8, 4) is 11.6 Å². The first-order valence-corrected chi connectivity index (χ1v) is 13.6.